The fourth-order valence-electron chi connectivity index (χ4n) is 2.67. The molecule has 0 aliphatic carbocycles. The average molecular weight is 456 g/mol. The molecule has 0 spiro atoms. The third-order valence-corrected chi connectivity index (χ3v) is 4.85. The van der Waals surface area contributed by atoms with Gasteiger partial charge < -0.3 is 19.5 Å². The number of rotatable bonds is 6. The smallest absolute Gasteiger partial charge is 0.343 e. The van der Waals surface area contributed by atoms with E-state index in [9.17, 15) is 9.59 Å². The van der Waals surface area contributed by atoms with Crippen molar-refractivity contribution in [2.75, 3.05) is 19.1 Å². The van der Waals surface area contributed by atoms with Crippen molar-refractivity contribution in [3.05, 3.63) is 82.3 Å². The number of aromatic carboxylic acids is 1. The van der Waals surface area contributed by atoms with Crippen LogP contribution in [0.25, 0.3) is 0 Å². The number of carboxylic acid groups (broad SMARTS) is 1. The summed E-state index contributed by atoms with van der Waals surface area (Å²) in [6.45, 7) is 0. The molecule has 0 amide bonds. The molecule has 1 N–H and O–H groups in total. The van der Waals surface area contributed by atoms with Crippen LogP contribution in [-0.2, 0) is 0 Å². The van der Waals surface area contributed by atoms with E-state index in [-0.39, 0.29) is 5.56 Å². The van der Waals surface area contributed by atoms with Gasteiger partial charge in [-0.2, -0.15) is 0 Å². The largest absolute Gasteiger partial charge is 0.493 e. The van der Waals surface area contributed by atoms with Gasteiger partial charge in [-0.3, -0.25) is 0 Å². The summed E-state index contributed by atoms with van der Waals surface area (Å²) in [6.07, 6.45) is 0. The van der Waals surface area contributed by atoms with E-state index in [0.717, 1.165) is 15.8 Å². The molecule has 3 aromatic carbocycles. The quantitative estimate of drug-likeness (QED) is 0.409. The standard InChI is InChI=1S/C22H18BrNO5/c1-24(17-9-5-14(6-10-17)21(25)26)18-11-12-19(20(13-18)28-2)29-22(27)15-3-7-16(23)8-4-15/h3-13H,1-2H3,(H,25,26). The van der Waals surface area contributed by atoms with Crippen LogP contribution in [0, 0.1) is 0 Å². The average Bonchev–Trinajstić information content (AvgIpc) is 2.74. The molecule has 7 heteroatoms. The molecule has 0 heterocycles. The van der Waals surface area contributed by atoms with Gasteiger partial charge >= 0.3 is 11.9 Å². The van der Waals surface area contributed by atoms with Gasteiger partial charge in [-0.05, 0) is 60.7 Å². The number of esters is 1. The van der Waals surface area contributed by atoms with Gasteiger partial charge in [0.25, 0.3) is 0 Å². The van der Waals surface area contributed by atoms with Crippen molar-refractivity contribution in [3.8, 4) is 11.5 Å². The van der Waals surface area contributed by atoms with Crippen LogP contribution in [0.15, 0.2) is 71.2 Å². The first-order valence-corrected chi connectivity index (χ1v) is 9.41. The first-order chi connectivity index (χ1) is 13.9. The summed E-state index contributed by atoms with van der Waals surface area (Å²) in [5.41, 5.74) is 2.23. The second-order valence-corrected chi connectivity index (χ2v) is 7.06. The maximum absolute atomic E-state index is 12.4. The minimum Gasteiger partial charge on any atom is -0.493 e. The van der Waals surface area contributed by atoms with Gasteiger partial charge in [0, 0.05) is 29.0 Å². The van der Waals surface area contributed by atoms with E-state index < -0.39 is 11.9 Å². The molecule has 0 saturated heterocycles. The Balaban J connectivity index is 1.81. The lowest BCUT2D eigenvalue weighted by Crippen LogP contribution is -2.12. The first-order valence-electron chi connectivity index (χ1n) is 8.62. The summed E-state index contributed by atoms with van der Waals surface area (Å²) in [5.74, 6) is -0.750. The molecule has 3 aromatic rings. The predicted molar refractivity (Wildman–Crippen MR) is 114 cm³/mol. The van der Waals surface area contributed by atoms with Crippen LogP contribution < -0.4 is 14.4 Å². The maximum Gasteiger partial charge on any atom is 0.343 e. The molecule has 0 saturated carbocycles. The van der Waals surface area contributed by atoms with Crippen LogP contribution in [0.2, 0.25) is 0 Å². The summed E-state index contributed by atoms with van der Waals surface area (Å²) in [4.78, 5) is 25.2. The second-order valence-electron chi connectivity index (χ2n) is 6.14. The molecule has 0 atom stereocenters. The van der Waals surface area contributed by atoms with Crippen LogP contribution in [0.1, 0.15) is 20.7 Å². The lowest BCUT2D eigenvalue weighted by Gasteiger charge is -2.21. The van der Waals surface area contributed by atoms with Crippen LogP contribution in [0.5, 0.6) is 11.5 Å². The number of ether oxygens (including phenoxy) is 2. The molecule has 0 aliphatic rings. The molecule has 0 radical (unpaired) electrons. The van der Waals surface area contributed by atoms with Crippen LogP contribution >= 0.6 is 15.9 Å². The van der Waals surface area contributed by atoms with Crippen LogP contribution in [0.4, 0.5) is 11.4 Å². The SMILES string of the molecule is COc1cc(N(C)c2ccc(C(=O)O)cc2)ccc1OC(=O)c1ccc(Br)cc1. The summed E-state index contributed by atoms with van der Waals surface area (Å²) < 4.78 is 11.7. The van der Waals surface area contributed by atoms with Gasteiger partial charge in [-0.1, -0.05) is 15.9 Å². The highest BCUT2D eigenvalue weighted by Crippen LogP contribution is 2.34. The van der Waals surface area contributed by atoms with Crippen LogP contribution in [0.3, 0.4) is 0 Å². The van der Waals surface area contributed by atoms with E-state index in [0.29, 0.717) is 17.1 Å². The lowest BCUT2D eigenvalue weighted by atomic mass is 10.2. The van der Waals surface area contributed by atoms with Crippen molar-refractivity contribution in [3.63, 3.8) is 0 Å². The Bertz CT molecular complexity index is 1030. The maximum atomic E-state index is 12.4. The molecule has 0 aromatic heterocycles. The Hall–Kier alpha value is -3.32. The molecular weight excluding hydrogens is 438 g/mol. The van der Waals surface area contributed by atoms with Crippen molar-refractivity contribution < 1.29 is 24.2 Å². The molecule has 148 valence electrons. The zero-order valence-electron chi connectivity index (χ0n) is 15.8. The molecule has 0 bridgehead atoms. The number of halogens is 1. The fraction of sp³-hybridized carbons (Fsp3) is 0.0909. The number of carbonyl (C=O) groups is 2. The number of carbonyl (C=O) groups excluding carboxylic acids is 1. The number of anilines is 2. The number of hydrogen-bond donors (Lipinski definition) is 1. The summed E-state index contributed by atoms with van der Waals surface area (Å²) in [5, 5.41) is 9.02. The zero-order chi connectivity index (χ0) is 21.0. The molecule has 0 unspecified atom stereocenters. The van der Waals surface area contributed by atoms with Crippen molar-refractivity contribution in [1.82, 2.24) is 0 Å². The number of carboxylic acids is 1. The zero-order valence-corrected chi connectivity index (χ0v) is 17.3. The third-order valence-electron chi connectivity index (χ3n) is 4.32. The highest BCUT2D eigenvalue weighted by Gasteiger charge is 2.15. The van der Waals surface area contributed by atoms with E-state index in [1.807, 2.05) is 11.9 Å². The highest BCUT2D eigenvalue weighted by atomic mass is 79.9. The van der Waals surface area contributed by atoms with E-state index in [1.54, 1.807) is 66.7 Å². The van der Waals surface area contributed by atoms with Gasteiger partial charge in [-0.15, -0.1) is 0 Å². The molecular formula is C22H18BrNO5. The summed E-state index contributed by atoms with van der Waals surface area (Å²) >= 11 is 3.33. The Morgan fingerprint density at radius 1 is 0.862 bits per heavy atom. The normalized spacial score (nSPS) is 10.3. The molecule has 0 aliphatic heterocycles. The second kappa shape index (κ2) is 8.79. The van der Waals surface area contributed by atoms with Gasteiger partial charge in [0.2, 0.25) is 0 Å². The number of methoxy groups -OCH3 is 1. The Kier molecular flexibility index (Phi) is 6.19. The Labute approximate surface area is 176 Å². The lowest BCUT2D eigenvalue weighted by molar-refractivity contribution is 0.0694. The van der Waals surface area contributed by atoms with Crippen molar-refractivity contribution >= 4 is 39.2 Å². The van der Waals surface area contributed by atoms with E-state index in [1.165, 1.54) is 7.11 Å². The minimum absolute atomic E-state index is 0.218. The number of benzene rings is 3. The molecule has 6 nitrogen and oxygen atoms in total. The third kappa shape index (κ3) is 4.75. The van der Waals surface area contributed by atoms with Crippen molar-refractivity contribution in [2.24, 2.45) is 0 Å². The van der Waals surface area contributed by atoms with Crippen molar-refractivity contribution in [2.45, 2.75) is 0 Å². The number of nitrogens with zero attached hydrogens (tertiary/aromatic N) is 1. The first kappa shape index (κ1) is 20.4. The summed E-state index contributed by atoms with van der Waals surface area (Å²) in [7, 11) is 3.34. The molecule has 3 rings (SSSR count). The van der Waals surface area contributed by atoms with Crippen LogP contribution in [-0.4, -0.2) is 31.2 Å². The topological polar surface area (TPSA) is 76.1 Å². The van der Waals surface area contributed by atoms with E-state index in [4.69, 9.17) is 14.6 Å². The monoisotopic (exact) mass is 455 g/mol. The fourth-order valence-corrected chi connectivity index (χ4v) is 2.94. The minimum atomic E-state index is -0.974. The summed E-state index contributed by atoms with van der Waals surface area (Å²) in [6, 6.07) is 18.6. The Morgan fingerprint density at radius 3 is 2.03 bits per heavy atom. The number of hydrogen-bond acceptors (Lipinski definition) is 5. The van der Waals surface area contributed by atoms with Gasteiger partial charge in [0.05, 0.1) is 18.2 Å². The van der Waals surface area contributed by atoms with E-state index in [2.05, 4.69) is 15.9 Å². The van der Waals surface area contributed by atoms with E-state index >= 15 is 0 Å². The molecule has 0 fully saturated rings. The Morgan fingerprint density at radius 2 is 1.45 bits per heavy atom. The molecule has 29 heavy (non-hydrogen) atoms. The predicted octanol–water partition coefficient (Wildman–Crippen LogP) is 5.14. The van der Waals surface area contributed by atoms with Gasteiger partial charge in [0.15, 0.2) is 11.5 Å². The van der Waals surface area contributed by atoms with Gasteiger partial charge in [0.1, 0.15) is 0 Å². The van der Waals surface area contributed by atoms with Gasteiger partial charge in [-0.25, -0.2) is 9.59 Å². The van der Waals surface area contributed by atoms with Crippen molar-refractivity contribution in [1.29, 1.82) is 0 Å². The highest BCUT2D eigenvalue weighted by molar-refractivity contribution is 9.10.